The summed E-state index contributed by atoms with van der Waals surface area (Å²) in [4.78, 5) is 18.1. The van der Waals surface area contributed by atoms with Crippen molar-refractivity contribution in [3.63, 3.8) is 0 Å². The topological polar surface area (TPSA) is 45.2 Å². The number of benzene rings is 1. The molecule has 2 heterocycles. The Hall–Kier alpha value is -2.50. The summed E-state index contributed by atoms with van der Waals surface area (Å²) >= 11 is 0. The van der Waals surface area contributed by atoms with Gasteiger partial charge in [-0.05, 0) is 30.2 Å². The minimum atomic E-state index is -0.985. The van der Waals surface area contributed by atoms with Gasteiger partial charge in [-0.25, -0.2) is 13.8 Å². The van der Waals surface area contributed by atoms with Crippen molar-refractivity contribution >= 4 is 17.4 Å². The largest absolute Gasteiger partial charge is 0.347 e. The van der Waals surface area contributed by atoms with E-state index in [1.54, 1.807) is 6.20 Å². The lowest BCUT2D eigenvalue weighted by molar-refractivity contribution is -0.115. The zero-order chi connectivity index (χ0) is 14.8. The summed E-state index contributed by atoms with van der Waals surface area (Å²) in [6.45, 7) is 0.848. The maximum absolute atomic E-state index is 13.1. The molecular formula is C15H13F2N3O. The van der Waals surface area contributed by atoms with Crippen molar-refractivity contribution in [2.24, 2.45) is 0 Å². The molecule has 0 bridgehead atoms. The highest BCUT2D eigenvalue weighted by Crippen LogP contribution is 2.24. The van der Waals surface area contributed by atoms with Gasteiger partial charge in [0.15, 0.2) is 11.6 Å². The van der Waals surface area contributed by atoms with Crippen LogP contribution in [0.4, 0.5) is 20.3 Å². The number of hydrogen-bond acceptors (Lipinski definition) is 3. The third-order valence-electron chi connectivity index (χ3n) is 3.36. The summed E-state index contributed by atoms with van der Waals surface area (Å²) in [6.07, 6.45) is 2.53. The molecule has 0 radical (unpaired) electrons. The van der Waals surface area contributed by atoms with E-state index in [0.29, 0.717) is 0 Å². The van der Waals surface area contributed by atoms with E-state index in [1.807, 2.05) is 17.0 Å². The first kappa shape index (κ1) is 13.5. The van der Waals surface area contributed by atoms with Crippen molar-refractivity contribution in [3.8, 4) is 0 Å². The summed E-state index contributed by atoms with van der Waals surface area (Å²) in [7, 11) is 0. The van der Waals surface area contributed by atoms with Gasteiger partial charge in [0.1, 0.15) is 5.82 Å². The van der Waals surface area contributed by atoms with Crippen LogP contribution in [-0.4, -0.2) is 24.0 Å². The van der Waals surface area contributed by atoms with E-state index < -0.39 is 11.6 Å². The number of nitrogens with one attached hydrogen (secondary N) is 1. The number of fused-ring (bicyclic) bond motifs is 1. The molecule has 1 amide bonds. The lowest BCUT2D eigenvalue weighted by atomic mass is 10.2. The summed E-state index contributed by atoms with van der Waals surface area (Å²) in [6, 6.07) is 7.12. The Bertz CT molecular complexity index is 690. The van der Waals surface area contributed by atoms with Gasteiger partial charge in [0.2, 0.25) is 5.91 Å². The van der Waals surface area contributed by atoms with Gasteiger partial charge in [-0.3, -0.25) is 4.79 Å². The molecule has 0 saturated carbocycles. The minimum absolute atomic E-state index is 0.128. The van der Waals surface area contributed by atoms with E-state index >= 15 is 0 Å². The number of carbonyl (C=O) groups is 1. The Labute approximate surface area is 120 Å². The molecule has 4 nitrogen and oxygen atoms in total. The number of aromatic nitrogens is 1. The summed E-state index contributed by atoms with van der Waals surface area (Å²) in [5, 5.41) is 2.55. The van der Waals surface area contributed by atoms with Crippen LogP contribution < -0.4 is 10.2 Å². The quantitative estimate of drug-likeness (QED) is 0.943. The van der Waals surface area contributed by atoms with E-state index in [1.165, 1.54) is 6.07 Å². The Morgan fingerprint density at radius 1 is 1.29 bits per heavy atom. The number of amides is 1. The minimum Gasteiger partial charge on any atom is -0.347 e. The Morgan fingerprint density at radius 3 is 2.95 bits per heavy atom. The predicted octanol–water partition coefficient (Wildman–Crippen LogP) is 2.36. The zero-order valence-electron chi connectivity index (χ0n) is 11.1. The zero-order valence-corrected chi connectivity index (χ0v) is 11.1. The van der Waals surface area contributed by atoms with Gasteiger partial charge >= 0.3 is 0 Å². The van der Waals surface area contributed by atoms with Crippen LogP contribution in [0.2, 0.25) is 0 Å². The molecule has 1 aromatic heterocycles. The van der Waals surface area contributed by atoms with Crippen molar-refractivity contribution in [1.82, 2.24) is 4.98 Å². The SMILES string of the molecule is O=C(CN1CCc2cccnc21)Nc1ccc(F)c(F)c1. The number of carbonyl (C=O) groups excluding carboxylic acids is 1. The molecule has 0 spiro atoms. The lowest BCUT2D eigenvalue weighted by Gasteiger charge is -2.17. The van der Waals surface area contributed by atoms with Gasteiger partial charge in [-0.2, -0.15) is 0 Å². The molecule has 1 aromatic carbocycles. The molecule has 1 aliphatic rings. The first-order valence-electron chi connectivity index (χ1n) is 6.57. The van der Waals surface area contributed by atoms with Crippen molar-refractivity contribution in [2.75, 3.05) is 23.3 Å². The normalized spacial score (nSPS) is 13.1. The van der Waals surface area contributed by atoms with Crippen LogP contribution >= 0.6 is 0 Å². The van der Waals surface area contributed by atoms with Crippen molar-refractivity contribution in [2.45, 2.75) is 6.42 Å². The van der Waals surface area contributed by atoms with Crippen LogP contribution in [0.25, 0.3) is 0 Å². The van der Waals surface area contributed by atoms with E-state index in [2.05, 4.69) is 10.3 Å². The molecule has 2 aromatic rings. The van der Waals surface area contributed by atoms with E-state index in [9.17, 15) is 13.6 Å². The third-order valence-corrected chi connectivity index (χ3v) is 3.36. The van der Waals surface area contributed by atoms with Crippen molar-refractivity contribution in [3.05, 3.63) is 53.7 Å². The van der Waals surface area contributed by atoms with Crippen molar-refractivity contribution < 1.29 is 13.6 Å². The smallest absolute Gasteiger partial charge is 0.243 e. The first-order chi connectivity index (χ1) is 10.1. The molecule has 108 valence electrons. The highest BCUT2D eigenvalue weighted by molar-refractivity contribution is 5.94. The highest BCUT2D eigenvalue weighted by atomic mass is 19.2. The van der Waals surface area contributed by atoms with Crippen LogP contribution in [0.15, 0.2) is 36.5 Å². The molecule has 0 fully saturated rings. The van der Waals surface area contributed by atoms with Gasteiger partial charge in [-0.15, -0.1) is 0 Å². The van der Waals surface area contributed by atoms with Crippen LogP contribution in [0.5, 0.6) is 0 Å². The second-order valence-electron chi connectivity index (χ2n) is 4.83. The van der Waals surface area contributed by atoms with Crippen LogP contribution in [-0.2, 0) is 11.2 Å². The summed E-state index contributed by atoms with van der Waals surface area (Å²) in [5.41, 5.74) is 1.34. The number of halogens is 2. The average Bonchev–Trinajstić information content (AvgIpc) is 2.86. The third kappa shape index (κ3) is 2.84. The maximum atomic E-state index is 13.1. The van der Waals surface area contributed by atoms with Gasteiger partial charge in [0, 0.05) is 24.5 Å². The number of rotatable bonds is 3. The fourth-order valence-corrected chi connectivity index (χ4v) is 2.37. The van der Waals surface area contributed by atoms with Crippen LogP contribution in [0, 0.1) is 11.6 Å². The molecular weight excluding hydrogens is 276 g/mol. The second-order valence-corrected chi connectivity index (χ2v) is 4.83. The van der Waals surface area contributed by atoms with Crippen LogP contribution in [0.3, 0.4) is 0 Å². The standard InChI is InChI=1S/C15H13F2N3O/c16-12-4-3-11(8-13(12)17)19-14(21)9-20-7-5-10-2-1-6-18-15(10)20/h1-4,6,8H,5,7,9H2,(H,19,21). The van der Waals surface area contributed by atoms with E-state index in [-0.39, 0.29) is 18.1 Å². The van der Waals surface area contributed by atoms with Gasteiger partial charge < -0.3 is 10.2 Å². The molecule has 21 heavy (non-hydrogen) atoms. The fraction of sp³-hybridized carbons (Fsp3) is 0.200. The number of pyridine rings is 1. The second kappa shape index (κ2) is 5.47. The molecule has 0 atom stereocenters. The van der Waals surface area contributed by atoms with Gasteiger partial charge in [0.25, 0.3) is 0 Å². The average molecular weight is 289 g/mol. The monoisotopic (exact) mass is 289 g/mol. The number of nitrogens with zero attached hydrogens (tertiary/aromatic N) is 2. The molecule has 1 N–H and O–H groups in total. The Kier molecular flexibility index (Phi) is 3.51. The number of anilines is 2. The molecule has 0 unspecified atom stereocenters. The molecule has 3 rings (SSSR count). The Balaban J connectivity index is 1.66. The molecule has 0 saturated heterocycles. The highest BCUT2D eigenvalue weighted by Gasteiger charge is 2.22. The van der Waals surface area contributed by atoms with E-state index in [0.717, 1.165) is 36.5 Å². The Morgan fingerprint density at radius 2 is 2.14 bits per heavy atom. The van der Waals surface area contributed by atoms with Gasteiger partial charge in [-0.1, -0.05) is 6.07 Å². The molecule has 1 aliphatic heterocycles. The number of hydrogen-bond donors (Lipinski definition) is 1. The van der Waals surface area contributed by atoms with E-state index in [4.69, 9.17) is 0 Å². The summed E-state index contributed by atoms with van der Waals surface area (Å²) in [5.74, 6) is -1.41. The lowest BCUT2D eigenvalue weighted by Crippen LogP contribution is -2.32. The van der Waals surface area contributed by atoms with Crippen molar-refractivity contribution in [1.29, 1.82) is 0 Å². The maximum Gasteiger partial charge on any atom is 0.243 e. The fourth-order valence-electron chi connectivity index (χ4n) is 2.37. The molecule has 0 aliphatic carbocycles. The predicted molar refractivity (Wildman–Crippen MR) is 75.1 cm³/mol. The molecule has 6 heteroatoms. The van der Waals surface area contributed by atoms with Gasteiger partial charge in [0.05, 0.1) is 6.54 Å². The summed E-state index contributed by atoms with van der Waals surface area (Å²) < 4.78 is 25.9. The van der Waals surface area contributed by atoms with Crippen LogP contribution in [0.1, 0.15) is 5.56 Å². The first-order valence-corrected chi connectivity index (χ1v) is 6.57.